The summed E-state index contributed by atoms with van der Waals surface area (Å²) in [7, 11) is 0. The van der Waals surface area contributed by atoms with E-state index in [-0.39, 0.29) is 23.9 Å². The molecule has 0 aromatic heterocycles. The van der Waals surface area contributed by atoms with Gasteiger partial charge in [0.05, 0.1) is 0 Å². The van der Waals surface area contributed by atoms with Gasteiger partial charge in [0.25, 0.3) is 5.91 Å². The highest BCUT2D eigenvalue weighted by atomic mass is 19.1. The number of fused-ring (bicyclic) bond motifs is 1. The maximum Gasteiger partial charge on any atom is 0.265 e. The third-order valence-electron chi connectivity index (χ3n) is 7.74. The van der Waals surface area contributed by atoms with Crippen LogP contribution >= 0.6 is 0 Å². The van der Waals surface area contributed by atoms with Crippen LogP contribution in [0, 0.1) is 5.82 Å². The molecule has 0 N–H and O–H groups in total. The summed E-state index contributed by atoms with van der Waals surface area (Å²) in [5.41, 5.74) is 1.70. The van der Waals surface area contributed by atoms with Gasteiger partial charge in [0.2, 0.25) is 0 Å². The molecular formula is C30H30FN3O2. The van der Waals surface area contributed by atoms with Crippen molar-refractivity contribution in [1.82, 2.24) is 9.80 Å². The monoisotopic (exact) mass is 483 g/mol. The highest BCUT2D eigenvalue weighted by Gasteiger charge is 2.51. The number of aliphatic imine (C=N–C) groups is 1. The van der Waals surface area contributed by atoms with Gasteiger partial charge in [-0.2, -0.15) is 0 Å². The first-order chi connectivity index (χ1) is 17.5. The summed E-state index contributed by atoms with van der Waals surface area (Å²) in [6, 6.07) is 24.7. The lowest BCUT2D eigenvalue weighted by Crippen LogP contribution is -2.51. The summed E-state index contributed by atoms with van der Waals surface area (Å²) in [6.45, 7) is 4.54. The summed E-state index contributed by atoms with van der Waals surface area (Å²) in [5, 5.41) is 0. The number of amidine groups is 1. The van der Waals surface area contributed by atoms with E-state index in [0.717, 1.165) is 67.2 Å². The van der Waals surface area contributed by atoms with Crippen LogP contribution in [-0.2, 0) is 16.8 Å². The molecule has 6 rings (SSSR count). The van der Waals surface area contributed by atoms with E-state index in [1.165, 1.54) is 6.07 Å². The number of carbonyl (C=O) groups is 1. The van der Waals surface area contributed by atoms with Crippen LogP contribution in [0.3, 0.4) is 0 Å². The van der Waals surface area contributed by atoms with Gasteiger partial charge < -0.3 is 4.74 Å². The first-order valence-electron chi connectivity index (χ1n) is 12.7. The van der Waals surface area contributed by atoms with Crippen LogP contribution in [-0.4, -0.2) is 53.3 Å². The topological polar surface area (TPSA) is 45.1 Å². The van der Waals surface area contributed by atoms with Gasteiger partial charge in [-0.05, 0) is 49.1 Å². The maximum atomic E-state index is 14.2. The molecule has 1 fully saturated rings. The number of likely N-dealkylation sites (tertiary alicyclic amines) is 1. The Kier molecular flexibility index (Phi) is 5.84. The van der Waals surface area contributed by atoms with E-state index in [4.69, 9.17) is 9.73 Å². The minimum atomic E-state index is -1.04. The molecular weight excluding hydrogens is 453 g/mol. The van der Waals surface area contributed by atoms with E-state index < -0.39 is 5.54 Å². The third kappa shape index (κ3) is 3.90. The Morgan fingerprint density at radius 2 is 1.61 bits per heavy atom. The van der Waals surface area contributed by atoms with Gasteiger partial charge in [0.1, 0.15) is 23.5 Å². The Morgan fingerprint density at radius 3 is 2.25 bits per heavy atom. The quantitative estimate of drug-likeness (QED) is 0.524. The van der Waals surface area contributed by atoms with Crippen molar-refractivity contribution >= 4 is 11.7 Å². The Balaban J connectivity index is 1.16. The summed E-state index contributed by atoms with van der Waals surface area (Å²) >= 11 is 0. The van der Waals surface area contributed by atoms with Crippen molar-refractivity contribution in [3.63, 3.8) is 0 Å². The molecule has 3 aromatic carbocycles. The molecule has 5 nitrogen and oxygen atoms in total. The van der Waals surface area contributed by atoms with Crippen molar-refractivity contribution in [2.75, 3.05) is 19.6 Å². The molecule has 3 aliphatic heterocycles. The van der Waals surface area contributed by atoms with Crippen molar-refractivity contribution in [3.8, 4) is 5.75 Å². The van der Waals surface area contributed by atoms with Crippen LogP contribution in [0.15, 0.2) is 83.9 Å². The maximum absolute atomic E-state index is 14.2. The zero-order valence-electron chi connectivity index (χ0n) is 20.4. The molecule has 184 valence electrons. The van der Waals surface area contributed by atoms with Gasteiger partial charge in [0.15, 0.2) is 5.54 Å². The Bertz CT molecular complexity index is 1250. The van der Waals surface area contributed by atoms with Gasteiger partial charge in [-0.25, -0.2) is 9.38 Å². The van der Waals surface area contributed by atoms with Gasteiger partial charge in [-0.1, -0.05) is 60.7 Å². The van der Waals surface area contributed by atoms with Crippen molar-refractivity contribution in [1.29, 1.82) is 0 Å². The van der Waals surface area contributed by atoms with Gasteiger partial charge in [0, 0.05) is 37.7 Å². The van der Waals surface area contributed by atoms with Gasteiger partial charge in [-0.15, -0.1) is 0 Å². The average Bonchev–Trinajstić information content (AvgIpc) is 3.42. The molecule has 0 radical (unpaired) electrons. The van der Waals surface area contributed by atoms with E-state index in [0.29, 0.717) is 0 Å². The fourth-order valence-corrected chi connectivity index (χ4v) is 6.04. The number of halogens is 1. The zero-order valence-corrected chi connectivity index (χ0v) is 20.4. The SMILES string of the molecule is CC1=NC(c2ccccc2)(c2ccccc2)C(=O)N1C1CCN(CC2Cc3cc(F)ccc3O2)CC1. The van der Waals surface area contributed by atoms with Crippen LogP contribution in [0.4, 0.5) is 4.39 Å². The van der Waals surface area contributed by atoms with Crippen LogP contribution in [0.25, 0.3) is 0 Å². The molecule has 1 atom stereocenters. The number of benzene rings is 3. The van der Waals surface area contributed by atoms with Gasteiger partial charge in [-0.3, -0.25) is 14.6 Å². The average molecular weight is 484 g/mol. The highest BCUT2D eigenvalue weighted by Crippen LogP contribution is 2.41. The highest BCUT2D eigenvalue weighted by molar-refractivity contribution is 6.10. The third-order valence-corrected chi connectivity index (χ3v) is 7.74. The number of hydrogen-bond acceptors (Lipinski definition) is 4. The predicted octanol–water partition coefficient (Wildman–Crippen LogP) is 4.80. The number of rotatable bonds is 5. The first kappa shape index (κ1) is 22.9. The second kappa shape index (κ2) is 9.17. The Morgan fingerprint density at radius 1 is 0.972 bits per heavy atom. The summed E-state index contributed by atoms with van der Waals surface area (Å²) < 4.78 is 19.6. The summed E-state index contributed by atoms with van der Waals surface area (Å²) in [4.78, 5) is 23.6. The predicted molar refractivity (Wildman–Crippen MR) is 138 cm³/mol. The van der Waals surface area contributed by atoms with Crippen molar-refractivity contribution < 1.29 is 13.9 Å². The summed E-state index contributed by atoms with van der Waals surface area (Å²) in [6.07, 6.45) is 2.54. The number of hydrogen-bond donors (Lipinski definition) is 0. The number of carbonyl (C=O) groups excluding carboxylic acids is 1. The minimum absolute atomic E-state index is 0.0347. The number of ether oxygens (including phenoxy) is 1. The molecule has 0 saturated carbocycles. The van der Waals surface area contributed by atoms with Crippen LogP contribution in [0.5, 0.6) is 5.75 Å². The molecule has 1 amide bonds. The molecule has 0 bridgehead atoms. The van der Waals surface area contributed by atoms with E-state index in [1.807, 2.05) is 72.5 Å². The molecule has 0 spiro atoms. The standard InChI is InChI=1S/C30H30FN3O2/c1-21-32-30(23-8-4-2-5-9-23,24-10-6-3-7-11-24)29(35)34(21)26-14-16-33(17-15-26)20-27-19-22-18-25(31)12-13-28(22)36-27/h2-13,18,26-27H,14-17,19-20H2,1H3. The summed E-state index contributed by atoms with van der Waals surface area (Å²) in [5.74, 6) is 1.40. The van der Waals surface area contributed by atoms with E-state index in [9.17, 15) is 9.18 Å². The van der Waals surface area contributed by atoms with Gasteiger partial charge >= 0.3 is 0 Å². The van der Waals surface area contributed by atoms with Crippen molar-refractivity contribution in [2.24, 2.45) is 4.99 Å². The van der Waals surface area contributed by atoms with E-state index in [2.05, 4.69) is 4.90 Å². The van der Waals surface area contributed by atoms with Crippen molar-refractivity contribution in [3.05, 3.63) is 101 Å². The van der Waals surface area contributed by atoms with Crippen LogP contribution < -0.4 is 4.74 Å². The first-order valence-corrected chi connectivity index (χ1v) is 12.7. The number of amides is 1. The number of nitrogens with zero attached hydrogens (tertiary/aromatic N) is 3. The lowest BCUT2D eigenvalue weighted by Gasteiger charge is -2.38. The molecule has 1 saturated heterocycles. The molecule has 3 aromatic rings. The molecule has 36 heavy (non-hydrogen) atoms. The normalized spacial score (nSPS) is 21.8. The van der Waals surface area contributed by atoms with Crippen LogP contribution in [0.2, 0.25) is 0 Å². The molecule has 0 aliphatic carbocycles. The van der Waals surface area contributed by atoms with Crippen LogP contribution in [0.1, 0.15) is 36.5 Å². The fraction of sp³-hybridized carbons (Fsp3) is 0.333. The molecule has 1 unspecified atom stereocenters. The zero-order chi connectivity index (χ0) is 24.7. The molecule has 3 heterocycles. The van der Waals surface area contributed by atoms with Crippen molar-refractivity contribution in [2.45, 2.75) is 43.9 Å². The Hall–Kier alpha value is -3.51. The smallest absolute Gasteiger partial charge is 0.265 e. The lowest BCUT2D eigenvalue weighted by atomic mass is 9.82. The minimum Gasteiger partial charge on any atom is -0.488 e. The van der Waals surface area contributed by atoms with E-state index in [1.54, 1.807) is 12.1 Å². The molecule has 3 aliphatic rings. The second-order valence-electron chi connectivity index (χ2n) is 10.0. The molecule has 6 heteroatoms. The Labute approximate surface area is 211 Å². The second-order valence-corrected chi connectivity index (χ2v) is 10.0. The fourth-order valence-electron chi connectivity index (χ4n) is 6.04. The number of piperidine rings is 1. The largest absolute Gasteiger partial charge is 0.488 e. The van der Waals surface area contributed by atoms with E-state index >= 15 is 0 Å². The lowest BCUT2D eigenvalue weighted by molar-refractivity contribution is -0.132.